The molecule has 12 aromatic carbocycles. The third kappa shape index (κ3) is 9.44. The van der Waals surface area contributed by atoms with E-state index in [0.717, 1.165) is 94.9 Å². The van der Waals surface area contributed by atoms with Crippen molar-refractivity contribution in [2.75, 3.05) is 9.80 Å². The fourth-order valence-corrected chi connectivity index (χ4v) is 14.8. The van der Waals surface area contributed by atoms with Crippen LogP contribution in [0.4, 0.5) is 22.7 Å². The van der Waals surface area contributed by atoms with Crippen LogP contribution in [-0.4, -0.2) is 14.1 Å². The van der Waals surface area contributed by atoms with Crippen molar-refractivity contribution in [1.82, 2.24) is 14.1 Å². The summed E-state index contributed by atoms with van der Waals surface area (Å²) >= 11 is 0. The molecule has 0 unspecified atom stereocenters. The van der Waals surface area contributed by atoms with E-state index < -0.39 is 5.41 Å². The van der Waals surface area contributed by atoms with Gasteiger partial charge in [-0.05, 0) is 133 Å². The predicted octanol–water partition coefficient (Wildman–Crippen LogP) is 22.4. The van der Waals surface area contributed by atoms with Gasteiger partial charge in [-0.15, -0.1) is 48.1 Å². The Hall–Kier alpha value is -10.5. The van der Waals surface area contributed by atoms with Crippen LogP contribution in [0.1, 0.15) is 74.9 Å². The Labute approximate surface area is 563 Å². The van der Waals surface area contributed by atoms with Crippen molar-refractivity contribution in [2.45, 2.75) is 57.8 Å². The number of fused-ring (bicyclic) bond motifs is 10. The number of aromatic nitrogens is 3. The van der Waals surface area contributed by atoms with Crippen molar-refractivity contribution in [3.63, 3.8) is 0 Å². The predicted molar refractivity (Wildman–Crippen MR) is 384 cm³/mol. The van der Waals surface area contributed by atoms with Crippen LogP contribution in [-0.2, 0) is 37.3 Å². The van der Waals surface area contributed by atoms with Crippen LogP contribution in [0, 0.1) is 18.8 Å². The molecule has 0 radical (unpaired) electrons. The monoisotopic (exact) mass is 1390 g/mol. The first-order valence-corrected chi connectivity index (χ1v) is 32.2. The molecule has 0 spiro atoms. The molecule has 0 atom stereocenters. The molecule has 0 saturated heterocycles. The maximum absolute atomic E-state index is 7.04. The number of pyridine rings is 1. The van der Waals surface area contributed by atoms with Crippen molar-refractivity contribution in [1.29, 1.82) is 0 Å². The Bertz CT molecular complexity index is 5280. The Kier molecular flexibility index (Phi) is 14.1. The largest absolute Gasteiger partial charge is 0.509 e. The van der Waals surface area contributed by atoms with E-state index in [4.69, 9.17) is 9.72 Å². The molecule has 0 N–H and O–H groups in total. The summed E-state index contributed by atoms with van der Waals surface area (Å²) in [4.78, 5) is 9.97. The van der Waals surface area contributed by atoms with Gasteiger partial charge in [0.25, 0.3) is 0 Å². The van der Waals surface area contributed by atoms with Crippen molar-refractivity contribution >= 4 is 66.4 Å². The van der Waals surface area contributed by atoms with E-state index in [9.17, 15) is 0 Å². The fraction of sp³-hybridized carbons (Fsp3) is 0.103. The first-order valence-electron chi connectivity index (χ1n) is 32.2. The summed E-state index contributed by atoms with van der Waals surface area (Å²) in [6, 6.07) is 109. The smallest absolute Gasteiger partial charge is 0.135 e. The Balaban J connectivity index is 0.00000699. The summed E-state index contributed by atoms with van der Waals surface area (Å²) in [5, 5.41) is 4.53. The van der Waals surface area contributed by atoms with Crippen LogP contribution in [0.2, 0.25) is 0 Å². The van der Waals surface area contributed by atoms with Gasteiger partial charge in [0.15, 0.2) is 0 Å². The van der Waals surface area contributed by atoms with Crippen LogP contribution in [0.5, 0.6) is 11.5 Å². The minimum absolute atomic E-state index is 0. The summed E-state index contributed by atoms with van der Waals surface area (Å²) in [5.41, 5.74) is 22.9. The second-order valence-electron chi connectivity index (χ2n) is 26.8. The van der Waals surface area contributed by atoms with E-state index >= 15 is 0 Å². The Morgan fingerprint density at radius 2 is 0.947 bits per heavy atom. The first kappa shape index (κ1) is 58.6. The number of rotatable bonds is 10. The zero-order chi connectivity index (χ0) is 62.7. The van der Waals surface area contributed by atoms with E-state index in [1.54, 1.807) is 0 Å². The third-order valence-electron chi connectivity index (χ3n) is 19.3. The van der Waals surface area contributed by atoms with Gasteiger partial charge in [-0.25, -0.2) is 4.98 Å². The summed E-state index contributed by atoms with van der Waals surface area (Å²) in [6.45, 7) is 15.9. The molecule has 4 heterocycles. The molecule has 1 aliphatic carbocycles. The fourth-order valence-electron chi connectivity index (χ4n) is 14.8. The van der Waals surface area contributed by atoms with E-state index in [1.165, 1.54) is 49.7 Å². The number of hydrogen-bond donors (Lipinski definition) is 0. The van der Waals surface area contributed by atoms with Gasteiger partial charge in [-0.3, -0.25) is 0 Å². The van der Waals surface area contributed by atoms with Gasteiger partial charge in [0.2, 0.25) is 0 Å². The number of hydrogen-bond acceptors (Lipinski definition) is 4. The third-order valence-corrected chi connectivity index (χ3v) is 19.3. The summed E-state index contributed by atoms with van der Waals surface area (Å²) in [5.74, 6) is 1.89. The standard InChI is InChI=1S/C87H66N5O.Pt/c1-85(2,3)59-40-42-60(43-41-59)87(75-34-17-13-30-67(75)68-31-14-18-35-76(68)87)61-48-49-88-83(52-61)92-81-54-64(91-77-36-19-15-32-69(77)70-33-16-20-37-78(70)91)44-46-71(81)72-47-45-66(55-82(72)92)93-65-29-23-28-63(53-65)89-56-90(80-39-22-21-38-79(80)89)84-73(57-24-9-7-10-25-57)50-62(86(4,5)6)51-74(84)58-26-11-8-12-27-58;/h7-52,54,56H,1-6H3;/q-3;. The maximum Gasteiger partial charge on any atom is 0.135 e. The molecule has 458 valence electrons. The van der Waals surface area contributed by atoms with Gasteiger partial charge in [0.05, 0.1) is 16.4 Å². The Morgan fingerprint density at radius 3 is 1.57 bits per heavy atom. The Morgan fingerprint density at radius 1 is 0.404 bits per heavy atom. The van der Waals surface area contributed by atoms with Crippen LogP contribution in [0.15, 0.2) is 285 Å². The van der Waals surface area contributed by atoms with Crippen LogP contribution in [0.3, 0.4) is 0 Å². The molecule has 0 bridgehead atoms. The molecule has 6 nitrogen and oxygen atoms in total. The van der Waals surface area contributed by atoms with E-state index in [1.807, 2.05) is 18.3 Å². The minimum Gasteiger partial charge on any atom is -0.509 e. The second kappa shape index (κ2) is 22.7. The van der Waals surface area contributed by atoms with Gasteiger partial charge < -0.3 is 23.7 Å². The van der Waals surface area contributed by atoms with Gasteiger partial charge in [0.1, 0.15) is 5.82 Å². The van der Waals surface area contributed by atoms with Crippen LogP contribution >= 0.6 is 0 Å². The number of para-hydroxylation sites is 4. The van der Waals surface area contributed by atoms with Gasteiger partial charge in [-0.2, -0.15) is 12.1 Å². The normalized spacial score (nSPS) is 13.3. The molecule has 0 amide bonds. The first-order chi connectivity index (χ1) is 45.4. The van der Waals surface area contributed by atoms with Crippen LogP contribution in [0.25, 0.3) is 88.5 Å². The van der Waals surface area contributed by atoms with Crippen molar-refractivity contribution in [2.24, 2.45) is 0 Å². The molecule has 94 heavy (non-hydrogen) atoms. The quantitative estimate of drug-likeness (QED) is 0.128. The molecule has 1 aliphatic heterocycles. The summed E-state index contributed by atoms with van der Waals surface area (Å²) in [6.07, 6.45) is 2.00. The second-order valence-corrected chi connectivity index (χ2v) is 26.8. The molecule has 0 fully saturated rings. The number of ether oxygens (including phenoxy) is 1. The molecule has 2 aliphatic rings. The number of benzene rings is 12. The van der Waals surface area contributed by atoms with Crippen molar-refractivity contribution < 1.29 is 25.8 Å². The average Bonchev–Trinajstić information content (AvgIpc) is 1.52. The van der Waals surface area contributed by atoms with Crippen LogP contribution < -0.4 is 14.5 Å². The molecule has 3 aromatic heterocycles. The van der Waals surface area contributed by atoms with Crippen molar-refractivity contribution in [3.05, 3.63) is 337 Å². The average molecular weight is 1390 g/mol. The topological polar surface area (TPSA) is 38.5 Å². The van der Waals surface area contributed by atoms with Gasteiger partial charge in [-0.1, -0.05) is 235 Å². The van der Waals surface area contributed by atoms with Gasteiger partial charge in [0, 0.05) is 88.9 Å². The number of nitrogens with zero attached hydrogens (tertiary/aromatic N) is 5. The molecule has 0 saturated carbocycles. The van der Waals surface area contributed by atoms with Gasteiger partial charge >= 0.3 is 0 Å². The molecular weight excluding hydrogens is 1330 g/mol. The SMILES string of the molecule is CC(C)(C)c1ccc(C2(c3ccnc(-n4c5[c-]c(Oc6[c-]c(N7[CH-]N(c8c(-c9ccccc9)cc(C(C)(C)C)cc8-c8ccccc8)c8ccccc87)ccc6)ccc5c5ccc(-n6c7ccccc7c7ccccc76)cc54)c3)c3ccccc3-c3ccccc32)cc1.[Pt]. The van der Waals surface area contributed by atoms with E-state index in [0.29, 0.717) is 11.5 Å². The summed E-state index contributed by atoms with van der Waals surface area (Å²) < 4.78 is 11.7. The van der Waals surface area contributed by atoms with Crippen molar-refractivity contribution in [3.8, 4) is 56.4 Å². The molecule has 17 rings (SSSR count). The molecule has 7 heteroatoms. The van der Waals surface area contributed by atoms with E-state index in [2.05, 4.69) is 346 Å². The summed E-state index contributed by atoms with van der Waals surface area (Å²) in [7, 11) is 0. The maximum atomic E-state index is 7.04. The van der Waals surface area contributed by atoms with E-state index in [-0.39, 0.29) is 31.9 Å². The minimum atomic E-state index is -0.664. The zero-order valence-electron chi connectivity index (χ0n) is 53.2. The zero-order valence-corrected chi connectivity index (χ0v) is 55.4. The number of anilines is 4. The molecule has 15 aromatic rings. The molecular formula is C87H66N5OPt-3.